The molecule has 1 aliphatic rings. The van der Waals surface area contributed by atoms with Crippen LogP contribution in [0.25, 0.3) is 0 Å². The zero-order valence-corrected chi connectivity index (χ0v) is 10.9. The average Bonchev–Trinajstić information content (AvgIpc) is 3.06. The summed E-state index contributed by atoms with van der Waals surface area (Å²) in [7, 11) is 0. The topological polar surface area (TPSA) is 69.6 Å². The van der Waals surface area contributed by atoms with E-state index in [1.54, 1.807) is 6.08 Å². The standard InChI is InChI=1S/C13H22N2O3/c1-3-6-15(7-8-16)12(17)4-5-14-13(18)11-9-10(11)2/h3,10-11,16H,1,4-9H2,2H3,(H,14,18). The van der Waals surface area contributed by atoms with E-state index in [1.807, 2.05) is 6.92 Å². The molecule has 2 N–H and O–H groups in total. The Morgan fingerprint density at radius 1 is 1.56 bits per heavy atom. The molecule has 102 valence electrons. The van der Waals surface area contributed by atoms with Crippen molar-refractivity contribution in [3.8, 4) is 0 Å². The van der Waals surface area contributed by atoms with Gasteiger partial charge in [-0.15, -0.1) is 6.58 Å². The molecule has 5 nitrogen and oxygen atoms in total. The van der Waals surface area contributed by atoms with Crippen molar-refractivity contribution < 1.29 is 14.7 Å². The van der Waals surface area contributed by atoms with Gasteiger partial charge in [0, 0.05) is 32.0 Å². The zero-order chi connectivity index (χ0) is 13.5. The van der Waals surface area contributed by atoms with Gasteiger partial charge in [-0.3, -0.25) is 9.59 Å². The second kappa shape index (κ2) is 7.16. The van der Waals surface area contributed by atoms with Crippen molar-refractivity contribution in [1.82, 2.24) is 10.2 Å². The van der Waals surface area contributed by atoms with Crippen LogP contribution in [-0.2, 0) is 9.59 Å². The lowest BCUT2D eigenvalue weighted by molar-refractivity contribution is -0.131. The van der Waals surface area contributed by atoms with Crippen molar-refractivity contribution in [2.75, 3.05) is 26.2 Å². The molecule has 2 unspecified atom stereocenters. The molecule has 0 heterocycles. The molecule has 0 aromatic rings. The van der Waals surface area contributed by atoms with Crippen LogP contribution in [0.4, 0.5) is 0 Å². The van der Waals surface area contributed by atoms with E-state index in [0.29, 0.717) is 25.6 Å². The van der Waals surface area contributed by atoms with Gasteiger partial charge < -0.3 is 15.3 Å². The summed E-state index contributed by atoms with van der Waals surface area (Å²) in [5.74, 6) is 0.593. The molecular weight excluding hydrogens is 232 g/mol. The Morgan fingerprint density at radius 3 is 2.72 bits per heavy atom. The maximum atomic E-state index is 11.8. The van der Waals surface area contributed by atoms with Crippen LogP contribution in [0.5, 0.6) is 0 Å². The van der Waals surface area contributed by atoms with Crippen LogP contribution in [0.2, 0.25) is 0 Å². The molecule has 2 amide bonds. The lowest BCUT2D eigenvalue weighted by Gasteiger charge is -2.19. The van der Waals surface area contributed by atoms with E-state index in [9.17, 15) is 9.59 Å². The monoisotopic (exact) mass is 254 g/mol. The molecule has 1 aliphatic carbocycles. The number of aliphatic hydroxyl groups is 1. The van der Waals surface area contributed by atoms with Crippen molar-refractivity contribution in [2.24, 2.45) is 11.8 Å². The number of rotatable bonds is 8. The molecule has 0 saturated heterocycles. The number of hydrogen-bond acceptors (Lipinski definition) is 3. The van der Waals surface area contributed by atoms with E-state index < -0.39 is 0 Å². The van der Waals surface area contributed by atoms with E-state index in [0.717, 1.165) is 6.42 Å². The van der Waals surface area contributed by atoms with Crippen molar-refractivity contribution in [1.29, 1.82) is 0 Å². The molecule has 0 aliphatic heterocycles. The first-order chi connectivity index (χ1) is 8.60. The van der Waals surface area contributed by atoms with Crippen molar-refractivity contribution in [2.45, 2.75) is 19.8 Å². The van der Waals surface area contributed by atoms with Gasteiger partial charge in [0.05, 0.1) is 6.61 Å². The van der Waals surface area contributed by atoms with Gasteiger partial charge in [-0.2, -0.15) is 0 Å². The lowest BCUT2D eigenvalue weighted by atomic mass is 10.3. The van der Waals surface area contributed by atoms with Crippen molar-refractivity contribution in [3.05, 3.63) is 12.7 Å². The molecule has 1 rings (SSSR count). The molecule has 0 radical (unpaired) electrons. The normalized spacial score (nSPS) is 21.2. The maximum Gasteiger partial charge on any atom is 0.224 e. The van der Waals surface area contributed by atoms with Gasteiger partial charge in [-0.25, -0.2) is 0 Å². The fraction of sp³-hybridized carbons (Fsp3) is 0.692. The van der Waals surface area contributed by atoms with Crippen molar-refractivity contribution >= 4 is 11.8 Å². The number of nitrogens with zero attached hydrogens (tertiary/aromatic N) is 1. The van der Waals surface area contributed by atoms with Crippen LogP contribution in [0, 0.1) is 11.8 Å². The number of amides is 2. The highest BCUT2D eigenvalue weighted by molar-refractivity contribution is 5.82. The van der Waals surface area contributed by atoms with Crippen LogP contribution in [0.1, 0.15) is 19.8 Å². The van der Waals surface area contributed by atoms with Crippen LogP contribution >= 0.6 is 0 Å². The SMILES string of the molecule is C=CCN(CCO)C(=O)CCNC(=O)C1CC1C. The molecule has 0 bridgehead atoms. The lowest BCUT2D eigenvalue weighted by Crippen LogP contribution is -2.36. The molecule has 0 spiro atoms. The summed E-state index contributed by atoms with van der Waals surface area (Å²) < 4.78 is 0. The highest BCUT2D eigenvalue weighted by Crippen LogP contribution is 2.37. The van der Waals surface area contributed by atoms with Crippen LogP contribution in [-0.4, -0.2) is 48.1 Å². The van der Waals surface area contributed by atoms with Gasteiger partial charge in [-0.1, -0.05) is 13.0 Å². The van der Waals surface area contributed by atoms with E-state index >= 15 is 0 Å². The summed E-state index contributed by atoms with van der Waals surface area (Å²) in [5.41, 5.74) is 0. The molecular formula is C13H22N2O3. The number of carbonyl (C=O) groups is 2. The summed E-state index contributed by atoms with van der Waals surface area (Å²) in [6, 6.07) is 0. The number of carbonyl (C=O) groups excluding carboxylic acids is 2. The summed E-state index contributed by atoms with van der Waals surface area (Å²) in [6.45, 7) is 6.64. The number of nitrogens with one attached hydrogen (secondary N) is 1. The Hall–Kier alpha value is -1.36. The third kappa shape index (κ3) is 4.49. The predicted molar refractivity (Wildman–Crippen MR) is 68.8 cm³/mol. The molecule has 18 heavy (non-hydrogen) atoms. The van der Waals surface area contributed by atoms with Gasteiger partial charge in [0.15, 0.2) is 0 Å². The minimum atomic E-state index is -0.0758. The quantitative estimate of drug-likeness (QED) is 0.606. The maximum absolute atomic E-state index is 11.8. The van der Waals surface area contributed by atoms with Crippen LogP contribution < -0.4 is 5.32 Å². The highest BCUT2D eigenvalue weighted by Gasteiger charge is 2.38. The van der Waals surface area contributed by atoms with Gasteiger partial charge >= 0.3 is 0 Å². The fourth-order valence-electron chi connectivity index (χ4n) is 1.86. The van der Waals surface area contributed by atoms with Gasteiger partial charge in [-0.05, 0) is 12.3 Å². The van der Waals surface area contributed by atoms with Crippen molar-refractivity contribution in [3.63, 3.8) is 0 Å². The number of aliphatic hydroxyl groups excluding tert-OH is 1. The van der Waals surface area contributed by atoms with E-state index in [-0.39, 0.29) is 30.8 Å². The Labute approximate surface area is 108 Å². The first-order valence-electron chi connectivity index (χ1n) is 6.37. The minimum absolute atomic E-state index is 0.0488. The molecule has 5 heteroatoms. The first kappa shape index (κ1) is 14.7. The smallest absolute Gasteiger partial charge is 0.224 e. The summed E-state index contributed by atoms with van der Waals surface area (Å²) in [5, 5.41) is 11.6. The third-order valence-corrected chi connectivity index (χ3v) is 3.16. The minimum Gasteiger partial charge on any atom is -0.395 e. The predicted octanol–water partition coefficient (Wildman–Crippen LogP) is 0.156. The first-order valence-corrected chi connectivity index (χ1v) is 6.37. The molecule has 2 atom stereocenters. The second-order valence-corrected chi connectivity index (χ2v) is 4.71. The fourth-order valence-corrected chi connectivity index (χ4v) is 1.86. The van der Waals surface area contributed by atoms with Crippen LogP contribution in [0.3, 0.4) is 0 Å². The summed E-state index contributed by atoms with van der Waals surface area (Å²) >= 11 is 0. The summed E-state index contributed by atoms with van der Waals surface area (Å²) in [6.07, 6.45) is 2.84. The average molecular weight is 254 g/mol. The van der Waals surface area contributed by atoms with E-state index in [2.05, 4.69) is 11.9 Å². The molecule has 1 fully saturated rings. The molecule has 0 aromatic carbocycles. The Morgan fingerprint density at radius 2 is 2.22 bits per heavy atom. The molecule has 0 aromatic heterocycles. The van der Waals surface area contributed by atoms with E-state index in [4.69, 9.17) is 5.11 Å². The highest BCUT2D eigenvalue weighted by atomic mass is 16.3. The second-order valence-electron chi connectivity index (χ2n) is 4.71. The Bertz CT molecular complexity index is 317. The summed E-state index contributed by atoms with van der Waals surface area (Å²) in [4.78, 5) is 24.8. The van der Waals surface area contributed by atoms with Gasteiger partial charge in [0.1, 0.15) is 0 Å². The van der Waals surface area contributed by atoms with Gasteiger partial charge in [0.25, 0.3) is 0 Å². The number of hydrogen-bond donors (Lipinski definition) is 2. The third-order valence-electron chi connectivity index (χ3n) is 3.16. The van der Waals surface area contributed by atoms with Gasteiger partial charge in [0.2, 0.25) is 11.8 Å². The van der Waals surface area contributed by atoms with Crippen LogP contribution in [0.15, 0.2) is 12.7 Å². The molecule has 1 saturated carbocycles. The largest absolute Gasteiger partial charge is 0.395 e. The Kier molecular flexibility index (Phi) is 5.85. The Balaban J connectivity index is 2.22. The zero-order valence-electron chi connectivity index (χ0n) is 10.9. The van der Waals surface area contributed by atoms with E-state index in [1.165, 1.54) is 4.90 Å².